The molecule has 0 fully saturated rings. The van der Waals surface area contributed by atoms with Gasteiger partial charge in [0.1, 0.15) is 4.90 Å². The molecule has 4 rings (SSSR count). The number of pyridine rings is 1. The lowest BCUT2D eigenvalue weighted by atomic mass is 10.3. The van der Waals surface area contributed by atoms with Crippen molar-refractivity contribution >= 4 is 50.1 Å². The minimum atomic E-state index is -4.10. The molecule has 2 aromatic heterocycles. The average Bonchev–Trinajstić information content (AvgIpc) is 2.76. The monoisotopic (exact) mass is 474 g/mol. The zero-order valence-electron chi connectivity index (χ0n) is 16.0. The van der Waals surface area contributed by atoms with Crippen LogP contribution in [0.4, 0.5) is 5.82 Å². The molecule has 4 aromatic rings. The summed E-state index contributed by atoms with van der Waals surface area (Å²) in [4.78, 5) is 12.9. The summed E-state index contributed by atoms with van der Waals surface area (Å²) in [6.07, 6.45) is 2.21. The molecule has 0 aliphatic carbocycles. The molecule has 7 nitrogen and oxygen atoms in total. The van der Waals surface area contributed by atoms with Gasteiger partial charge in [-0.15, -0.1) is 0 Å². The van der Waals surface area contributed by atoms with Crippen molar-refractivity contribution in [2.24, 2.45) is 0 Å². The third-order valence-electron chi connectivity index (χ3n) is 4.30. The van der Waals surface area contributed by atoms with Crippen molar-refractivity contribution in [1.29, 1.82) is 0 Å². The van der Waals surface area contributed by atoms with E-state index in [0.717, 1.165) is 5.69 Å². The Bertz CT molecular complexity index is 1340. The van der Waals surface area contributed by atoms with Gasteiger partial charge in [0.25, 0.3) is 15.9 Å². The normalized spacial score (nSPS) is 11.4. The number of anilines is 1. The minimum absolute atomic E-state index is 0.0456. The minimum Gasteiger partial charge on any atom is -0.475 e. The van der Waals surface area contributed by atoms with Crippen LogP contribution in [0.5, 0.6) is 5.88 Å². The van der Waals surface area contributed by atoms with E-state index >= 15 is 0 Å². The topological polar surface area (TPSA) is 94.1 Å². The molecule has 0 spiro atoms. The maximum absolute atomic E-state index is 13.0. The van der Waals surface area contributed by atoms with E-state index in [1.165, 1.54) is 18.2 Å². The van der Waals surface area contributed by atoms with Crippen molar-refractivity contribution in [2.45, 2.75) is 11.3 Å². The first-order chi connectivity index (χ1) is 14.9. The molecule has 0 aliphatic heterocycles. The Balaban J connectivity index is 1.66. The molecular formula is C21H16Cl2N4O3S. The van der Waals surface area contributed by atoms with Crippen LogP contribution in [-0.4, -0.2) is 30.0 Å². The number of ether oxygens (including phenoxy) is 1. The second kappa shape index (κ2) is 9.05. The van der Waals surface area contributed by atoms with Crippen molar-refractivity contribution in [2.75, 3.05) is 11.3 Å². The number of rotatable bonds is 7. The van der Waals surface area contributed by atoms with Crippen LogP contribution in [0, 0.1) is 0 Å². The van der Waals surface area contributed by atoms with Crippen LogP contribution in [0.1, 0.15) is 5.69 Å². The molecule has 0 bridgehead atoms. The lowest BCUT2D eigenvalue weighted by Crippen LogP contribution is -2.17. The van der Waals surface area contributed by atoms with E-state index in [4.69, 9.17) is 27.9 Å². The standard InChI is InChI=1S/C21H16Cl2N4O3S/c22-15-7-5-10-18(19(15)23)31(28,29)27-20-21(26-17-9-2-1-8-16(17)25-20)30-13-11-14-6-3-4-12-24-14/h1-10,12H,11,13H2,(H,25,27). The highest BCUT2D eigenvalue weighted by atomic mass is 35.5. The third-order valence-corrected chi connectivity index (χ3v) is 6.61. The van der Waals surface area contributed by atoms with Gasteiger partial charge in [-0.05, 0) is 36.4 Å². The number of aromatic nitrogens is 3. The van der Waals surface area contributed by atoms with Gasteiger partial charge in [-0.3, -0.25) is 9.71 Å². The number of nitrogens with zero attached hydrogens (tertiary/aromatic N) is 3. The summed E-state index contributed by atoms with van der Waals surface area (Å²) in [6.45, 7) is 0.233. The quantitative estimate of drug-likeness (QED) is 0.415. The highest BCUT2D eigenvalue weighted by Crippen LogP contribution is 2.32. The van der Waals surface area contributed by atoms with Gasteiger partial charge in [0.05, 0.1) is 27.7 Å². The Kier molecular flexibility index (Phi) is 6.22. The Labute approximate surface area is 189 Å². The van der Waals surface area contributed by atoms with Crippen molar-refractivity contribution in [3.8, 4) is 5.88 Å². The molecule has 0 aliphatic rings. The summed E-state index contributed by atoms with van der Waals surface area (Å²) in [6, 6.07) is 17.0. The summed E-state index contributed by atoms with van der Waals surface area (Å²) < 4.78 is 34.2. The van der Waals surface area contributed by atoms with E-state index in [9.17, 15) is 8.42 Å². The van der Waals surface area contributed by atoms with Crippen molar-refractivity contribution < 1.29 is 13.2 Å². The summed E-state index contributed by atoms with van der Waals surface area (Å²) >= 11 is 12.1. The van der Waals surface area contributed by atoms with Gasteiger partial charge in [0.2, 0.25) is 5.82 Å². The van der Waals surface area contributed by atoms with Gasteiger partial charge in [0.15, 0.2) is 0 Å². The summed E-state index contributed by atoms with van der Waals surface area (Å²) in [5.74, 6) is 0.00659. The number of benzene rings is 2. The van der Waals surface area contributed by atoms with Crippen molar-refractivity contribution in [1.82, 2.24) is 15.0 Å². The average molecular weight is 475 g/mol. The number of hydrogen-bond donors (Lipinski definition) is 1. The molecule has 2 heterocycles. The van der Waals surface area contributed by atoms with Gasteiger partial charge >= 0.3 is 0 Å². The van der Waals surface area contributed by atoms with E-state index in [-0.39, 0.29) is 33.2 Å². The van der Waals surface area contributed by atoms with Gasteiger partial charge in [0, 0.05) is 18.3 Å². The number of nitrogens with one attached hydrogen (secondary N) is 1. The van der Waals surface area contributed by atoms with Crippen LogP contribution in [0.25, 0.3) is 11.0 Å². The first-order valence-electron chi connectivity index (χ1n) is 9.20. The molecule has 0 amide bonds. The van der Waals surface area contributed by atoms with E-state index in [2.05, 4.69) is 19.7 Å². The number of hydrogen-bond acceptors (Lipinski definition) is 6. The zero-order chi connectivity index (χ0) is 21.8. The lowest BCUT2D eigenvalue weighted by Gasteiger charge is -2.14. The number of sulfonamides is 1. The highest BCUT2D eigenvalue weighted by Gasteiger charge is 2.23. The first-order valence-corrected chi connectivity index (χ1v) is 11.4. The van der Waals surface area contributed by atoms with Crippen LogP contribution >= 0.6 is 23.2 Å². The Hall–Kier alpha value is -2.94. The van der Waals surface area contributed by atoms with E-state index in [1.807, 2.05) is 24.3 Å². The van der Waals surface area contributed by atoms with Crippen molar-refractivity contribution in [3.05, 3.63) is 82.6 Å². The predicted octanol–water partition coefficient (Wildman–Crippen LogP) is 4.75. The molecular weight excluding hydrogens is 459 g/mol. The second-order valence-corrected chi connectivity index (χ2v) is 8.88. The Morgan fingerprint density at radius 2 is 1.65 bits per heavy atom. The number of halogens is 2. The van der Waals surface area contributed by atoms with E-state index in [1.54, 1.807) is 24.4 Å². The summed E-state index contributed by atoms with van der Waals surface area (Å²) in [5, 5.41) is 0.0454. The van der Waals surface area contributed by atoms with Crippen LogP contribution < -0.4 is 9.46 Å². The summed E-state index contributed by atoms with van der Waals surface area (Å²) in [5.41, 5.74) is 1.91. The molecule has 0 saturated heterocycles. The number of fused-ring (bicyclic) bond motifs is 1. The van der Waals surface area contributed by atoms with Gasteiger partial charge in [-0.2, -0.15) is 0 Å². The molecule has 0 radical (unpaired) electrons. The van der Waals surface area contributed by atoms with E-state index < -0.39 is 10.0 Å². The lowest BCUT2D eigenvalue weighted by molar-refractivity contribution is 0.310. The molecule has 1 N–H and O–H groups in total. The van der Waals surface area contributed by atoms with Crippen LogP contribution in [0.2, 0.25) is 10.0 Å². The van der Waals surface area contributed by atoms with Crippen molar-refractivity contribution in [3.63, 3.8) is 0 Å². The molecule has 2 aromatic carbocycles. The largest absolute Gasteiger partial charge is 0.475 e. The van der Waals surface area contributed by atoms with Crippen LogP contribution in [0.3, 0.4) is 0 Å². The fraction of sp³-hybridized carbons (Fsp3) is 0.0952. The molecule has 0 atom stereocenters. The molecule has 0 saturated carbocycles. The Morgan fingerprint density at radius 1 is 0.903 bits per heavy atom. The zero-order valence-corrected chi connectivity index (χ0v) is 18.3. The molecule has 10 heteroatoms. The second-order valence-electron chi connectivity index (χ2n) is 6.44. The molecule has 0 unspecified atom stereocenters. The van der Waals surface area contributed by atoms with Gasteiger partial charge in [-0.1, -0.05) is 47.5 Å². The molecule has 158 valence electrons. The third kappa shape index (κ3) is 4.87. The fourth-order valence-electron chi connectivity index (χ4n) is 2.82. The van der Waals surface area contributed by atoms with E-state index in [0.29, 0.717) is 17.5 Å². The molecule has 31 heavy (non-hydrogen) atoms. The number of para-hydroxylation sites is 2. The smallest absolute Gasteiger partial charge is 0.264 e. The fourth-order valence-corrected chi connectivity index (χ4v) is 4.59. The van der Waals surface area contributed by atoms with Gasteiger partial charge in [-0.25, -0.2) is 18.4 Å². The Morgan fingerprint density at radius 3 is 2.39 bits per heavy atom. The summed E-state index contributed by atoms with van der Waals surface area (Å²) in [7, 11) is -4.10. The van der Waals surface area contributed by atoms with Gasteiger partial charge < -0.3 is 4.74 Å². The van der Waals surface area contributed by atoms with Crippen LogP contribution in [0.15, 0.2) is 71.8 Å². The highest BCUT2D eigenvalue weighted by molar-refractivity contribution is 7.92. The maximum Gasteiger partial charge on any atom is 0.264 e. The SMILES string of the molecule is O=S(=O)(Nc1nc2ccccc2nc1OCCc1ccccn1)c1cccc(Cl)c1Cl. The maximum atomic E-state index is 13.0. The predicted molar refractivity (Wildman–Crippen MR) is 120 cm³/mol. The van der Waals surface area contributed by atoms with Crippen LogP contribution in [-0.2, 0) is 16.4 Å². The first kappa shape index (κ1) is 21.3.